The van der Waals surface area contributed by atoms with Crippen molar-refractivity contribution in [3.63, 3.8) is 0 Å². The van der Waals surface area contributed by atoms with E-state index >= 15 is 0 Å². The van der Waals surface area contributed by atoms with Crippen LogP contribution in [0.5, 0.6) is 0 Å². The van der Waals surface area contributed by atoms with Gasteiger partial charge in [-0.05, 0) is 100 Å². The molecule has 0 aliphatic heterocycles. The summed E-state index contributed by atoms with van der Waals surface area (Å²) < 4.78 is 0. The second-order valence-corrected chi connectivity index (χ2v) is 8.42. The SMILES string of the molecule is CC#CC.CC#CC.CC(C)=C/C=C(\C)Cl.CC(C)=C/C=C(\C)Cl.Cc1ccc(Cl)cc1. The van der Waals surface area contributed by atoms with E-state index in [0.717, 1.165) is 15.1 Å². The standard InChI is InChI=1S/C7H7Cl.2C7H11Cl.2C4H6/c1-6-2-4-7(8)5-3-6;2*1-6(2)4-5-7(3)8;2*1-3-4-2/h2-5H,1H3;2*4-5H,1-3H3;2*1-2H3/b;2*7-5+;;. The average Bonchev–Trinajstić information content (AvgIpc) is 2.74. The second kappa shape index (κ2) is 29.2. The van der Waals surface area contributed by atoms with Gasteiger partial charge in [-0.25, -0.2) is 0 Å². The van der Waals surface area contributed by atoms with Crippen LogP contribution in [0.1, 0.15) is 74.8 Å². The summed E-state index contributed by atoms with van der Waals surface area (Å²) in [6.45, 7) is 21.2. The summed E-state index contributed by atoms with van der Waals surface area (Å²) in [6, 6.07) is 7.75. The van der Waals surface area contributed by atoms with E-state index in [1.807, 2.05) is 125 Å². The zero-order valence-electron chi connectivity index (χ0n) is 21.8. The number of benzene rings is 1. The van der Waals surface area contributed by atoms with Crippen LogP contribution in [0.3, 0.4) is 0 Å². The maximum Gasteiger partial charge on any atom is 0.0406 e. The Balaban J connectivity index is -0.000000158. The molecule has 0 aromatic heterocycles. The number of allylic oxidation sites excluding steroid dienone is 8. The van der Waals surface area contributed by atoms with Gasteiger partial charge in [0.2, 0.25) is 0 Å². The lowest BCUT2D eigenvalue weighted by molar-refractivity contribution is 1.39. The van der Waals surface area contributed by atoms with Crippen LogP contribution in [0.25, 0.3) is 0 Å². The third-order valence-electron chi connectivity index (χ3n) is 2.80. The van der Waals surface area contributed by atoms with Crippen molar-refractivity contribution >= 4 is 34.8 Å². The fraction of sp³-hybridized carbons (Fsp3) is 0.379. The summed E-state index contributed by atoms with van der Waals surface area (Å²) in [5.41, 5.74) is 3.78. The van der Waals surface area contributed by atoms with E-state index in [-0.39, 0.29) is 0 Å². The molecule has 0 nitrogen and oxygen atoms in total. The van der Waals surface area contributed by atoms with E-state index < -0.39 is 0 Å². The number of halogens is 3. The largest absolute Gasteiger partial charge is 0.107 e. The first-order valence-electron chi connectivity index (χ1n) is 10.2. The molecule has 0 aliphatic rings. The zero-order valence-corrected chi connectivity index (χ0v) is 24.0. The minimum absolute atomic E-state index is 0.801. The maximum atomic E-state index is 5.61. The number of aryl methyl sites for hydroxylation is 1. The highest BCUT2D eigenvalue weighted by atomic mass is 35.5. The van der Waals surface area contributed by atoms with Crippen LogP contribution in [-0.2, 0) is 0 Å². The van der Waals surface area contributed by atoms with Gasteiger partial charge in [0.1, 0.15) is 0 Å². The van der Waals surface area contributed by atoms with Crippen molar-refractivity contribution in [2.75, 3.05) is 0 Å². The fourth-order valence-electron chi connectivity index (χ4n) is 1.10. The van der Waals surface area contributed by atoms with Crippen molar-refractivity contribution in [2.45, 2.75) is 76.2 Å². The van der Waals surface area contributed by atoms with Crippen molar-refractivity contribution in [2.24, 2.45) is 0 Å². The fourth-order valence-corrected chi connectivity index (χ4v) is 1.35. The predicted molar refractivity (Wildman–Crippen MR) is 153 cm³/mol. The first kappa shape index (κ1) is 37.5. The van der Waals surface area contributed by atoms with Gasteiger partial charge < -0.3 is 0 Å². The molecule has 0 heterocycles. The molecule has 0 radical (unpaired) electrons. The van der Waals surface area contributed by atoms with Crippen LogP contribution in [0.2, 0.25) is 5.02 Å². The smallest absolute Gasteiger partial charge is 0.0406 e. The molecule has 0 N–H and O–H groups in total. The lowest BCUT2D eigenvalue weighted by atomic mass is 10.2. The van der Waals surface area contributed by atoms with Crippen LogP contribution >= 0.6 is 34.8 Å². The number of rotatable bonds is 2. The van der Waals surface area contributed by atoms with E-state index in [1.165, 1.54) is 16.7 Å². The monoisotopic (exact) mass is 494 g/mol. The molecule has 0 unspecified atom stereocenters. The molecule has 0 saturated carbocycles. The lowest BCUT2D eigenvalue weighted by Gasteiger charge is -1.88. The highest BCUT2D eigenvalue weighted by Gasteiger charge is 1.82. The Morgan fingerprint density at radius 1 is 0.594 bits per heavy atom. The normalized spacial score (nSPS) is 8.81. The topological polar surface area (TPSA) is 0 Å². The molecular formula is C29H41Cl3. The van der Waals surface area contributed by atoms with Crippen LogP contribution in [0.15, 0.2) is 69.8 Å². The average molecular weight is 496 g/mol. The molecular weight excluding hydrogens is 455 g/mol. The Hall–Kier alpha value is -1.83. The van der Waals surface area contributed by atoms with Gasteiger partial charge in [0.15, 0.2) is 0 Å². The Morgan fingerprint density at radius 2 is 0.875 bits per heavy atom. The van der Waals surface area contributed by atoms with Crippen LogP contribution in [-0.4, -0.2) is 0 Å². The van der Waals surface area contributed by atoms with Crippen LogP contribution < -0.4 is 0 Å². The van der Waals surface area contributed by atoms with Gasteiger partial charge in [-0.1, -0.05) is 75.8 Å². The molecule has 1 aromatic rings. The highest BCUT2D eigenvalue weighted by Crippen LogP contribution is 2.07. The highest BCUT2D eigenvalue weighted by molar-refractivity contribution is 6.30. The summed E-state index contributed by atoms with van der Waals surface area (Å²) in [6.07, 6.45) is 7.75. The summed E-state index contributed by atoms with van der Waals surface area (Å²) in [7, 11) is 0. The third kappa shape index (κ3) is 51.1. The van der Waals surface area contributed by atoms with Crippen molar-refractivity contribution in [1.29, 1.82) is 0 Å². The van der Waals surface area contributed by atoms with Gasteiger partial charge in [0.05, 0.1) is 0 Å². The minimum atomic E-state index is 0.801. The molecule has 3 heteroatoms. The Bertz CT molecular complexity index is 682. The summed E-state index contributed by atoms with van der Waals surface area (Å²) in [5.74, 6) is 10.7. The van der Waals surface area contributed by atoms with Gasteiger partial charge in [-0.3, -0.25) is 0 Å². The zero-order chi connectivity index (χ0) is 25.9. The van der Waals surface area contributed by atoms with Crippen molar-refractivity contribution in [3.8, 4) is 23.7 Å². The van der Waals surface area contributed by atoms with Gasteiger partial charge >= 0.3 is 0 Å². The maximum absolute atomic E-state index is 5.61. The van der Waals surface area contributed by atoms with Gasteiger partial charge in [0, 0.05) is 15.1 Å². The lowest BCUT2D eigenvalue weighted by Crippen LogP contribution is -1.66. The summed E-state index contributed by atoms with van der Waals surface area (Å²) in [5, 5.41) is 2.45. The first-order chi connectivity index (χ1) is 14.9. The summed E-state index contributed by atoms with van der Waals surface area (Å²) >= 11 is 16.7. The molecule has 32 heavy (non-hydrogen) atoms. The van der Waals surface area contributed by atoms with Crippen LogP contribution in [0.4, 0.5) is 0 Å². The Morgan fingerprint density at radius 3 is 1.00 bits per heavy atom. The van der Waals surface area contributed by atoms with E-state index in [0.29, 0.717) is 0 Å². The van der Waals surface area contributed by atoms with E-state index in [9.17, 15) is 0 Å². The van der Waals surface area contributed by atoms with Crippen molar-refractivity contribution in [3.05, 3.63) is 80.4 Å². The molecule has 1 aromatic carbocycles. The van der Waals surface area contributed by atoms with Crippen LogP contribution in [0, 0.1) is 30.6 Å². The first-order valence-corrected chi connectivity index (χ1v) is 11.3. The molecule has 0 amide bonds. The third-order valence-corrected chi connectivity index (χ3v) is 3.31. The molecule has 0 bridgehead atoms. The van der Waals surface area contributed by atoms with E-state index in [4.69, 9.17) is 34.8 Å². The molecule has 178 valence electrons. The van der Waals surface area contributed by atoms with E-state index in [2.05, 4.69) is 23.7 Å². The second-order valence-electron chi connectivity index (χ2n) is 6.79. The van der Waals surface area contributed by atoms with Gasteiger partial charge in [-0.2, -0.15) is 0 Å². The molecule has 0 spiro atoms. The van der Waals surface area contributed by atoms with Crippen molar-refractivity contribution < 1.29 is 0 Å². The Kier molecular flexibility index (Phi) is 34.2. The molecule has 0 aliphatic carbocycles. The molecule has 0 fully saturated rings. The van der Waals surface area contributed by atoms with Gasteiger partial charge in [-0.15, -0.1) is 23.7 Å². The van der Waals surface area contributed by atoms with E-state index in [1.54, 1.807) is 0 Å². The summed E-state index contributed by atoms with van der Waals surface area (Å²) in [4.78, 5) is 0. The quantitative estimate of drug-likeness (QED) is 0.282. The number of hydrogen-bond donors (Lipinski definition) is 0. The Labute approximate surface area is 214 Å². The van der Waals surface area contributed by atoms with Crippen molar-refractivity contribution in [1.82, 2.24) is 0 Å². The minimum Gasteiger partial charge on any atom is -0.107 e. The number of hydrogen-bond acceptors (Lipinski definition) is 0. The molecule has 0 saturated heterocycles. The molecule has 1 rings (SSSR count). The van der Waals surface area contributed by atoms with Gasteiger partial charge in [0.25, 0.3) is 0 Å². The molecule has 0 atom stereocenters. The predicted octanol–water partition coefficient (Wildman–Crippen LogP) is 10.9.